The van der Waals surface area contributed by atoms with E-state index in [4.69, 9.17) is 5.26 Å². The highest BCUT2D eigenvalue weighted by atomic mass is 19.1. The quantitative estimate of drug-likeness (QED) is 0.513. The monoisotopic (exact) mass is 421 g/mol. The van der Waals surface area contributed by atoms with Gasteiger partial charge in [-0.1, -0.05) is 6.07 Å². The molecule has 0 bridgehead atoms. The number of hydrogen-bond acceptors (Lipinski definition) is 6. The van der Waals surface area contributed by atoms with E-state index in [0.29, 0.717) is 16.8 Å². The molecule has 0 spiro atoms. The molecule has 1 aromatic carbocycles. The predicted molar refractivity (Wildman–Crippen MR) is 105 cm³/mol. The Hall–Kier alpha value is -3.97. The molecule has 0 aliphatic heterocycles. The summed E-state index contributed by atoms with van der Waals surface area (Å²) in [6, 6.07) is 7.58. The maximum absolute atomic E-state index is 14.7. The van der Waals surface area contributed by atoms with Crippen LogP contribution < -0.4 is 0 Å². The summed E-state index contributed by atoms with van der Waals surface area (Å²) in [5.41, 5.74) is -0.249. The smallest absolute Gasteiger partial charge is 0.137 e. The van der Waals surface area contributed by atoms with Crippen LogP contribution in [0.2, 0.25) is 0 Å². The number of aliphatic hydroxyl groups is 1. The van der Waals surface area contributed by atoms with Gasteiger partial charge in [-0.3, -0.25) is 9.67 Å². The molecular formula is C21H17F2N7O. The lowest BCUT2D eigenvalue weighted by molar-refractivity contribution is -0.0368. The van der Waals surface area contributed by atoms with Crippen molar-refractivity contribution in [3.63, 3.8) is 0 Å². The molecule has 0 amide bonds. The molecular weight excluding hydrogens is 404 g/mol. The molecule has 0 saturated carbocycles. The largest absolute Gasteiger partial charge is 0.381 e. The average molecular weight is 421 g/mol. The van der Waals surface area contributed by atoms with Gasteiger partial charge in [0.2, 0.25) is 0 Å². The zero-order valence-electron chi connectivity index (χ0n) is 16.4. The van der Waals surface area contributed by atoms with Crippen LogP contribution in [0.25, 0.3) is 11.3 Å². The topological polar surface area (TPSA) is 105 Å². The van der Waals surface area contributed by atoms with Gasteiger partial charge in [0.05, 0.1) is 30.0 Å². The third kappa shape index (κ3) is 3.91. The standard InChI is InChI=1S/C21H17F2N7O/c1-14(30-10-16(9-27-30)20-5-2-15(7-24)8-26-20)21(31,11-29-13-25-12-28-29)18-4-3-17(22)6-19(18)23/h2-6,8-10,12-14,31H,11H2,1H3/t14-,21-/m1/s1. The van der Waals surface area contributed by atoms with Gasteiger partial charge in [-0.25, -0.2) is 18.4 Å². The van der Waals surface area contributed by atoms with Gasteiger partial charge in [-0.15, -0.1) is 0 Å². The summed E-state index contributed by atoms with van der Waals surface area (Å²) < 4.78 is 31.0. The molecule has 0 radical (unpaired) electrons. The molecule has 0 fully saturated rings. The molecule has 8 nitrogen and oxygen atoms in total. The molecule has 1 N–H and O–H groups in total. The first-order valence-electron chi connectivity index (χ1n) is 9.31. The second-order valence-electron chi connectivity index (χ2n) is 7.07. The van der Waals surface area contributed by atoms with Crippen molar-refractivity contribution in [1.82, 2.24) is 29.5 Å². The summed E-state index contributed by atoms with van der Waals surface area (Å²) in [6.07, 6.45) is 7.36. The minimum absolute atomic E-state index is 0.0922. The van der Waals surface area contributed by atoms with Crippen LogP contribution in [0.1, 0.15) is 24.1 Å². The summed E-state index contributed by atoms with van der Waals surface area (Å²) in [5, 5.41) is 28.9. The van der Waals surface area contributed by atoms with Crippen LogP contribution in [0.15, 0.2) is 61.6 Å². The number of benzene rings is 1. The summed E-state index contributed by atoms with van der Waals surface area (Å²) in [4.78, 5) is 8.09. The Morgan fingerprint density at radius 3 is 2.68 bits per heavy atom. The van der Waals surface area contributed by atoms with E-state index in [1.807, 2.05) is 6.07 Å². The van der Waals surface area contributed by atoms with Crippen LogP contribution in [0.4, 0.5) is 8.78 Å². The highest BCUT2D eigenvalue weighted by molar-refractivity contribution is 5.57. The van der Waals surface area contributed by atoms with Gasteiger partial charge in [-0.05, 0) is 25.1 Å². The van der Waals surface area contributed by atoms with Gasteiger partial charge >= 0.3 is 0 Å². The average Bonchev–Trinajstić information content (AvgIpc) is 3.45. The van der Waals surface area contributed by atoms with Crippen molar-refractivity contribution in [2.45, 2.75) is 25.1 Å². The molecule has 31 heavy (non-hydrogen) atoms. The number of hydrogen-bond donors (Lipinski definition) is 1. The van der Waals surface area contributed by atoms with Gasteiger partial charge < -0.3 is 5.11 Å². The van der Waals surface area contributed by atoms with Crippen molar-refractivity contribution in [3.05, 3.63) is 84.3 Å². The highest BCUT2D eigenvalue weighted by Gasteiger charge is 2.40. The van der Waals surface area contributed by atoms with Crippen LogP contribution >= 0.6 is 0 Å². The third-order valence-electron chi connectivity index (χ3n) is 5.14. The number of nitrogens with zero attached hydrogens (tertiary/aromatic N) is 7. The molecule has 10 heteroatoms. The second kappa shape index (κ2) is 8.04. The fourth-order valence-corrected chi connectivity index (χ4v) is 3.38. The number of nitriles is 1. The van der Waals surface area contributed by atoms with E-state index < -0.39 is 23.3 Å². The molecule has 0 aliphatic carbocycles. The van der Waals surface area contributed by atoms with Crippen LogP contribution in [0.3, 0.4) is 0 Å². The second-order valence-corrected chi connectivity index (χ2v) is 7.07. The van der Waals surface area contributed by atoms with E-state index in [-0.39, 0.29) is 12.1 Å². The van der Waals surface area contributed by atoms with Crippen LogP contribution in [-0.2, 0) is 12.1 Å². The van der Waals surface area contributed by atoms with E-state index in [0.717, 1.165) is 12.1 Å². The lowest BCUT2D eigenvalue weighted by Gasteiger charge is -2.34. The SMILES string of the molecule is C[C@@H](n1cc(-c2ccc(C#N)cn2)cn1)[C@](O)(Cn1cncn1)c1ccc(F)cc1F. The van der Waals surface area contributed by atoms with Gasteiger partial charge in [0, 0.05) is 29.6 Å². The van der Waals surface area contributed by atoms with Crippen LogP contribution in [0.5, 0.6) is 0 Å². The van der Waals surface area contributed by atoms with Crippen LogP contribution in [0, 0.1) is 23.0 Å². The summed E-state index contributed by atoms with van der Waals surface area (Å²) in [7, 11) is 0. The molecule has 0 aliphatic rings. The zero-order valence-corrected chi connectivity index (χ0v) is 16.4. The van der Waals surface area contributed by atoms with Gasteiger partial charge in [0.25, 0.3) is 0 Å². The fourth-order valence-electron chi connectivity index (χ4n) is 3.38. The Kier molecular flexibility index (Phi) is 5.27. The van der Waals surface area contributed by atoms with E-state index in [2.05, 4.69) is 20.2 Å². The molecule has 3 aromatic heterocycles. The lowest BCUT2D eigenvalue weighted by Crippen LogP contribution is -2.40. The third-order valence-corrected chi connectivity index (χ3v) is 5.14. The summed E-state index contributed by atoms with van der Waals surface area (Å²) >= 11 is 0. The van der Waals surface area contributed by atoms with E-state index in [9.17, 15) is 13.9 Å². The van der Waals surface area contributed by atoms with E-state index in [1.54, 1.807) is 31.5 Å². The minimum Gasteiger partial charge on any atom is -0.381 e. The fraction of sp³-hybridized carbons (Fsp3) is 0.190. The Morgan fingerprint density at radius 1 is 1.19 bits per heavy atom. The minimum atomic E-state index is -1.83. The van der Waals surface area contributed by atoms with Crippen molar-refractivity contribution in [1.29, 1.82) is 5.26 Å². The Balaban J connectivity index is 1.73. The molecule has 0 unspecified atom stereocenters. The molecule has 3 heterocycles. The number of halogens is 2. The van der Waals surface area contributed by atoms with Crippen molar-refractivity contribution >= 4 is 0 Å². The normalized spacial score (nSPS) is 14.0. The molecule has 156 valence electrons. The Bertz CT molecular complexity index is 1230. The summed E-state index contributed by atoms with van der Waals surface area (Å²) in [6.45, 7) is 1.53. The van der Waals surface area contributed by atoms with Crippen LogP contribution in [-0.4, -0.2) is 34.6 Å². The predicted octanol–water partition coefficient (Wildman–Crippen LogP) is 2.84. The van der Waals surface area contributed by atoms with E-state index >= 15 is 0 Å². The maximum atomic E-state index is 14.7. The first-order chi connectivity index (χ1) is 14.9. The number of rotatable bonds is 6. The molecule has 4 rings (SSSR count). The first-order valence-corrected chi connectivity index (χ1v) is 9.31. The van der Waals surface area contributed by atoms with Crippen molar-refractivity contribution in [3.8, 4) is 17.3 Å². The molecule has 2 atom stereocenters. The summed E-state index contributed by atoms with van der Waals surface area (Å²) in [5.74, 6) is -1.62. The zero-order chi connectivity index (χ0) is 22.0. The highest BCUT2D eigenvalue weighted by Crippen LogP contribution is 2.37. The molecule has 4 aromatic rings. The Morgan fingerprint density at radius 2 is 2.03 bits per heavy atom. The number of aromatic nitrogens is 6. The maximum Gasteiger partial charge on any atom is 0.137 e. The van der Waals surface area contributed by atoms with Crippen molar-refractivity contribution in [2.24, 2.45) is 0 Å². The van der Waals surface area contributed by atoms with Gasteiger partial charge in [0.1, 0.15) is 36.0 Å². The molecule has 0 saturated heterocycles. The van der Waals surface area contributed by atoms with Crippen molar-refractivity contribution < 1.29 is 13.9 Å². The van der Waals surface area contributed by atoms with Crippen molar-refractivity contribution in [2.75, 3.05) is 0 Å². The lowest BCUT2D eigenvalue weighted by atomic mass is 9.86. The van der Waals surface area contributed by atoms with E-state index in [1.165, 1.54) is 34.3 Å². The first kappa shape index (κ1) is 20.3. The van der Waals surface area contributed by atoms with Gasteiger partial charge in [-0.2, -0.15) is 15.5 Å². The Labute approximate surface area is 176 Å². The number of pyridine rings is 1. The van der Waals surface area contributed by atoms with Gasteiger partial charge in [0.15, 0.2) is 0 Å².